The summed E-state index contributed by atoms with van der Waals surface area (Å²) in [6, 6.07) is 17.6. The van der Waals surface area contributed by atoms with Crippen LogP contribution in [0.5, 0.6) is 0 Å². The van der Waals surface area contributed by atoms with E-state index in [9.17, 15) is 9.59 Å². The number of carbonyl (C=O) groups is 2. The highest BCUT2D eigenvalue weighted by atomic mass is 32.1. The van der Waals surface area contributed by atoms with E-state index in [-0.39, 0.29) is 11.8 Å². The topological polar surface area (TPSA) is 96.0 Å². The molecule has 8 heteroatoms. The molecule has 3 N–H and O–H groups in total. The first-order valence-corrected chi connectivity index (χ1v) is 10.2. The monoisotopic (exact) mass is 409 g/mol. The normalized spacial score (nSPS) is 12.6. The number of urea groups is 1. The molecule has 1 heterocycles. The molecule has 0 saturated heterocycles. The van der Waals surface area contributed by atoms with Crippen molar-refractivity contribution < 1.29 is 9.59 Å². The first-order chi connectivity index (χ1) is 14.1. The number of carbonyl (C=O) groups excluding carboxylic acids is 2. The zero-order valence-corrected chi connectivity index (χ0v) is 17.1. The summed E-state index contributed by atoms with van der Waals surface area (Å²) in [6.07, 6.45) is 0.731. The molecule has 2 atom stereocenters. The van der Waals surface area contributed by atoms with Gasteiger partial charge in [0, 0.05) is 11.3 Å². The first-order valence-electron chi connectivity index (χ1n) is 9.39. The third-order valence-electron chi connectivity index (χ3n) is 4.49. The lowest BCUT2D eigenvalue weighted by atomic mass is 9.98. The van der Waals surface area contributed by atoms with Crippen LogP contribution in [0, 0.1) is 5.92 Å². The highest BCUT2D eigenvalue weighted by Crippen LogP contribution is 2.26. The Bertz CT molecular complexity index is 946. The molecule has 0 fully saturated rings. The van der Waals surface area contributed by atoms with Crippen LogP contribution in [-0.4, -0.2) is 28.2 Å². The lowest BCUT2D eigenvalue weighted by Crippen LogP contribution is -2.49. The zero-order chi connectivity index (χ0) is 20.6. The molecule has 3 amide bonds. The summed E-state index contributed by atoms with van der Waals surface area (Å²) in [7, 11) is 0. The Kier molecular flexibility index (Phi) is 6.91. The van der Waals surface area contributed by atoms with Crippen LogP contribution in [0.1, 0.15) is 20.3 Å². The van der Waals surface area contributed by atoms with E-state index >= 15 is 0 Å². The largest absolute Gasteiger partial charge is 0.326 e. The summed E-state index contributed by atoms with van der Waals surface area (Å²) in [4.78, 5) is 25.2. The minimum absolute atomic E-state index is 0.0574. The van der Waals surface area contributed by atoms with Gasteiger partial charge in [0.05, 0.1) is 0 Å². The van der Waals surface area contributed by atoms with E-state index in [1.807, 2.05) is 62.4 Å². The van der Waals surface area contributed by atoms with Crippen molar-refractivity contribution in [3.63, 3.8) is 0 Å². The van der Waals surface area contributed by atoms with Crippen LogP contribution in [-0.2, 0) is 4.79 Å². The molecule has 1 aromatic heterocycles. The molecule has 0 saturated carbocycles. The van der Waals surface area contributed by atoms with Gasteiger partial charge in [-0.2, -0.15) is 0 Å². The van der Waals surface area contributed by atoms with Gasteiger partial charge in [-0.25, -0.2) is 4.79 Å². The van der Waals surface area contributed by atoms with Gasteiger partial charge in [0.2, 0.25) is 11.0 Å². The molecule has 7 nitrogen and oxygen atoms in total. The van der Waals surface area contributed by atoms with Gasteiger partial charge in [0.15, 0.2) is 0 Å². The Balaban J connectivity index is 1.66. The van der Waals surface area contributed by atoms with E-state index in [1.54, 1.807) is 12.1 Å². The maximum atomic E-state index is 12.8. The van der Waals surface area contributed by atoms with E-state index in [1.165, 1.54) is 11.3 Å². The SMILES string of the molecule is CC[C@@H](C)[C@H](NC(=O)Nc1ccccc1)C(=O)Nc1nnc(-c2ccccc2)s1. The van der Waals surface area contributed by atoms with Crippen LogP contribution in [0.25, 0.3) is 10.6 Å². The number of aromatic nitrogens is 2. The predicted octanol–water partition coefficient (Wildman–Crippen LogP) is 4.38. The third-order valence-corrected chi connectivity index (χ3v) is 5.38. The summed E-state index contributed by atoms with van der Waals surface area (Å²) in [5.74, 6) is -0.378. The molecule has 0 aliphatic heterocycles. The highest BCUT2D eigenvalue weighted by molar-refractivity contribution is 7.18. The van der Waals surface area contributed by atoms with Crippen molar-refractivity contribution in [3.05, 3.63) is 60.7 Å². The van der Waals surface area contributed by atoms with Crippen LogP contribution in [0.3, 0.4) is 0 Å². The fourth-order valence-corrected chi connectivity index (χ4v) is 3.44. The van der Waals surface area contributed by atoms with Gasteiger partial charge in [-0.05, 0) is 18.1 Å². The Morgan fingerprint density at radius 3 is 2.28 bits per heavy atom. The maximum absolute atomic E-state index is 12.8. The maximum Gasteiger partial charge on any atom is 0.319 e. The number of hydrogen-bond acceptors (Lipinski definition) is 5. The second-order valence-electron chi connectivity index (χ2n) is 6.60. The smallest absolute Gasteiger partial charge is 0.319 e. The van der Waals surface area contributed by atoms with E-state index in [4.69, 9.17) is 0 Å². The molecule has 0 spiro atoms. The van der Waals surface area contributed by atoms with Crippen molar-refractivity contribution in [1.29, 1.82) is 0 Å². The minimum Gasteiger partial charge on any atom is -0.326 e. The summed E-state index contributed by atoms with van der Waals surface area (Å²) >= 11 is 1.29. The Morgan fingerprint density at radius 1 is 0.966 bits per heavy atom. The van der Waals surface area contributed by atoms with Gasteiger partial charge >= 0.3 is 6.03 Å². The van der Waals surface area contributed by atoms with Crippen molar-refractivity contribution in [2.75, 3.05) is 10.6 Å². The van der Waals surface area contributed by atoms with Crippen LogP contribution in [0.4, 0.5) is 15.6 Å². The van der Waals surface area contributed by atoms with Crippen molar-refractivity contribution >= 4 is 34.1 Å². The zero-order valence-electron chi connectivity index (χ0n) is 16.3. The summed E-state index contributed by atoms with van der Waals surface area (Å²) in [5, 5.41) is 17.6. The van der Waals surface area contributed by atoms with Gasteiger partial charge < -0.3 is 10.6 Å². The van der Waals surface area contributed by atoms with Crippen LogP contribution < -0.4 is 16.0 Å². The Labute approximate surface area is 173 Å². The number of rotatable bonds is 7. The second kappa shape index (κ2) is 9.79. The number of benzene rings is 2. The van der Waals surface area contributed by atoms with Gasteiger partial charge in [0.25, 0.3) is 0 Å². The van der Waals surface area contributed by atoms with E-state index < -0.39 is 12.1 Å². The van der Waals surface area contributed by atoms with Crippen molar-refractivity contribution in [2.45, 2.75) is 26.3 Å². The number of hydrogen-bond donors (Lipinski definition) is 3. The van der Waals surface area contributed by atoms with Crippen molar-refractivity contribution in [2.24, 2.45) is 5.92 Å². The third kappa shape index (κ3) is 5.61. The van der Waals surface area contributed by atoms with Crippen LogP contribution >= 0.6 is 11.3 Å². The second-order valence-corrected chi connectivity index (χ2v) is 7.57. The van der Waals surface area contributed by atoms with Crippen LogP contribution in [0.15, 0.2) is 60.7 Å². The molecule has 150 valence electrons. The molecule has 0 bridgehead atoms. The van der Waals surface area contributed by atoms with Gasteiger partial charge in [-0.1, -0.05) is 80.1 Å². The summed E-state index contributed by atoms with van der Waals surface area (Å²) < 4.78 is 0. The minimum atomic E-state index is -0.701. The van der Waals surface area contributed by atoms with Gasteiger partial charge in [-0.3, -0.25) is 10.1 Å². The fourth-order valence-electron chi connectivity index (χ4n) is 2.69. The molecule has 3 rings (SSSR count). The van der Waals surface area contributed by atoms with Crippen molar-refractivity contribution in [3.8, 4) is 10.6 Å². The standard InChI is InChI=1S/C21H23N5O2S/c1-3-14(2)17(23-20(28)22-16-12-8-5-9-13-16)18(27)24-21-26-25-19(29-21)15-10-6-4-7-11-15/h4-14,17H,3H2,1-2H3,(H2,22,23,28)(H,24,26,27)/t14-,17+/m1/s1. The van der Waals surface area contributed by atoms with E-state index in [2.05, 4.69) is 26.1 Å². The van der Waals surface area contributed by atoms with Crippen molar-refractivity contribution in [1.82, 2.24) is 15.5 Å². The number of amides is 3. The molecule has 0 unspecified atom stereocenters. The number of nitrogens with zero attached hydrogens (tertiary/aromatic N) is 2. The summed E-state index contributed by atoms with van der Waals surface area (Å²) in [5.41, 5.74) is 1.59. The predicted molar refractivity (Wildman–Crippen MR) is 116 cm³/mol. The van der Waals surface area contributed by atoms with Crippen LogP contribution in [0.2, 0.25) is 0 Å². The van der Waals surface area contributed by atoms with Gasteiger partial charge in [-0.15, -0.1) is 10.2 Å². The molecule has 0 radical (unpaired) electrons. The fraction of sp³-hybridized carbons (Fsp3) is 0.238. The van der Waals surface area contributed by atoms with E-state index in [0.29, 0.717) is 10.8 Å². The molecule has 3 aromatic rings. The quantitative estimate of drug-likeness (QED) is 0.539. The number of anilines is 2. The van der Waals surface area contributed by atoms with Gasteiger partial charge in [0.1, 0.15) is 11.0 Å². The van der Waals surface area contributed by atoms with E-state index in [0.717, 1.165) is 17.0 Å². The first kappa shape index (κ1) is 20.5. The molecule has 0 aliphatic rings. The molecule has 0 aliphatic carbocycles. The average molecular weight is 410 g/mol. The number of nitrogens with one attached hydrogen (secondary N) is 3. The highest BCUT2D eigenvalue weighted by Gasteiger charge is 2.27. The molecular formula is C21H23N5O2S. The molecule has 2 aromatic carbocycles. The lowest BCUT2D eigenvalue weighted by molar-refractivity contribution is -0.119. The average Bonchev–Trinajstić information content (AvgIpc) is 3.21. The molecule has 29 heavy (non-hydrogen) atoms. The lowest BCUT2D eigenvalue weighted by Gasteiger charge is -2.23. The number of para-hydroxylation sites is 1. The molecular weight excluding hydrogens is 386 g/mol. The summed E-state index contributed by atoms with van der Waals surface area (Å²) in [6.45, 7) is 3.89. The Hall–Kier alpha value is -3.26. The Morgan fingerprint density at radius 2 is 1.62 bits per heavy atom.